The number of carbonyl (C=O) groups excluding carboxylic acids is 1. The summed E-state index contributed by atoms with van der Waals surface area (Å²) in [6.45, 7) is -0.0150. The van der Waals surface area contributed by atoms with Gasteiger partial charge in [-0.05, 0) is 42.0 Å². The van der Waals surface area contributed by atoms with Gasteiger partial charge in [0.25, 0.3) is 5.91 Å². The van der Waals surface area contributed by atoms with E-state index < -0.39 is 36.5 Å². The van der Waals surface area contributed by atoms with Gasteiger partial charge < -0.3 is 26.8 Å². The van der Waals surface area contributed by atoms with E-state index >= 15 is 0 Å². The summed E-state index contributed by atoms with van der Waals surface area (Å²) in [5.41, 5.74) is 11.5. The van der Waals surface area contributed by atoms with Gasteiger partial charge in [-0.15, -0.1) is 0 Å². The molecule has 7 nitrogen and oxygen atoms in total. The molecule has 0 aliphatic carbocycles. The molecule has 0 fully saturated rings. The predicted molar refractivity (Wildman–Crippen MR) is 113 cm³/mol. The van der Waals surface area contributed by atoms with E-state index in [2.05, 4.69) is 15.6 Å². The highest BCUT2D eigenvalue weighted by Gasteiger charge is 2.37. The van der Waals surface area contributed by atoms with E-state index in [0.717, 1.165) is 6.07 Å². The van der Waals surface area contributed by atoms with E-state index in [1.54, 1.807) is 12.1 Å². The highest BCUT2D eigenvalue weighted by Crippen LogP contribution is 2.21. The molecule has 0 saturated heterocycles. The van der Waals surface area contributed by atoms with Gasteiger partial charge in [-0.3, -0.25) is 4.79 Å². The molecule has 0 aromatic heterocycles. The van der Waals surface area contributed by atoms with E-state index in [1.165, 1.54) is 31.4 Å². The third-order valence-electron chi connectivity index (χ3n) is 4.26. The summed E-state index contributed by atoms with van der Waals surface area (Å²) in [7, 11) is 1.47. The Kier molecular flexibility index (Phi) is 8.81. The third kappa shape index (κ3) is 7.66. The summed E-state index contributed by atoms with van der Waals surface area (Å²) in [4.78, 5) is 16.4. The first-order chi connectivity index (χ1) is 15.0. The Labute approximate surface area is 186 Å². The Morgan fingerprint density at radius 1 is 1.19 bits per heavy atom. The van der Waals surface area contributed by atoms with E-state index in [4.69, 9.17) is 27.8 Å². The number of nitrogens with two attached hydrogens (primary N) is 2. The van der Waals surface area contributed by atoms with Crippen LogP contribution in [0.15, 0.2) is 47.5 Å². The maximum atomic E-state index is 13.2. The molecule has 2 aromatic carbocycles. The van der Waals surface area contributed by atoms with E-state index in [9.17, 15) is 22.4 Å². The van der Waals surface area contributed by atoms with E-state index in [-0.39, 0.29) is 23.1 Å². The molecular weight excluding hydrogens is 454 g/mol. The zero-order valence-electron chi connectivity index (χ0n) is 16.9. The molecule has 0 heterocycles. The number of amides is 1. The van der Waals surface area contributed by atoms with Gasteiger partial charge in [0.05, 0.1) is 13.3 Å². The van der Waals surface area contributed by atoms with Crippen LogP contribution in [0.2, 0.25) is 5.02 Å². The normalized spacial score (nSPS) is 13.9. The van der Waals surface area contributed by atoms with Gasteiger partial charge >= 0.3 is 6.18 Å². The molecule has 32 heavy (non-hydrogen) atoms. The molecule has 2 rings (SSSR count). The Bertz CT molecular complexity index is 954. The number of aliphatic imine (C=N–C) groups is 1. The topological polar surface area (TPSA) is 115 Å². The van der Waals surface area contributed by atoms with E-state index in [1.807, 2.05) is 0 Å². The van der Waals surface area contributed by atoms with Crippen LogP contribution in [0, 0.1) is 5.82 Å². The van der Waals surface area contributed by atoms with Gasteiger partial charge in [0.1, 0.15) is 17.6 Å². The fourth-order valence-corrected chi connectivity index (χ4v) is 2.74. The standard InChI is InChI=1S/C20H22ClF4N5O2/c1-32-14-6-3-11(4-7-14)18(31)30-19(29-17(27)9-16(26)20(23,24)25)28-10-12-2-5-13(22)8-15(12)21/h2-8,16-17H,9-10,26-27H2,1H3,(H2,28,29,30,31). The number of rotatable bonds is 7. The smallest absolute Gasteiger partial charge is 0.403 e. The number of benzene rings is 2. The van der Waals surface area contributed by atoms with Crippen LogP contribution in [0.1, 0.15) is 22.3 Å². The van der Waals surface area contributed by atoms with Crippen LogP contribution in [0.25, 0.3) is 0 Å². The summed E-state index contributed by atoms with van der Waals surface area (Å²) in [5, 5.41) is 5.38. The average molecular weight is 476 g/mol. The van der Waals surface area contributed by atoms with Gasteiger partial charge in [-0.25, -0.2) is 4.39 Å². The zero-order chi connectivity index (χ0) is 23.9. The third-order valence-corrected chi connectivity index (χ3v) is 4.61. The lowest BCUT2D eigenvalue weighted by atomic mass is 10.2. The van der Waals surface area contributed by atoms with Crippen molar-refractivity contribution >= 4 is 23.5 Å². The fraction of sp³-hybridized carbons (Fsp3) is 0.300. The maximum Gasteiger partial charge on any atom is 0.403 e. The summed E-state index contributed by atoms with van der Waals surface area (Å²) >= 11 is 5.98. The molecule has 0 spiro atoms. The lowest BCUT2D eigenvalue weighted by Crippen LogP contribution is -2.52. The first-order valence-electron chi connectivity index (χ1n) is 9.29. The van der Waals surface area contributed by atoms with Crippen molar-refractivity contribution in [2.75, 3.05) is 7.11 Å². The largest absolute Gasteiger partial charge is 0.497 e. The number of carbonyl (C=O) groups is 1. The predicted octanol–water partition coefficient (Wildman–Crippen LogP) is 2.93. The number of nitrogens with zero attached hydrogens (tertiary/aromatic N) is 1. The molecule has 1 amide bonds. The average Bonchev–Trinajstić information content (AvgIpc) is 2.72. The van der Waals surface area contributed by atoms with Crippen LogP contribution >= 0.6 is 11.6 Å². The fourth-order valence-electron chi connectivity index (χ4n) is 2.51. The van der Waals surface area contributed by atoms with Crippen molar-refractivity contribution in [3.63, 3.8) is 0 Å². The van der Waals surface area contributed by atoms with E-state index in [0.29, 0.717) is 11.3 Å². The second-order valence-electron chi connectivity index (χ2n) is 6.72. The summed E-state index contributed by atoms with van der Waals surface area (Å²) in [6.07, 6.45) is -6.58. The van der Waals surface area contributed by atoms with Crippen molar-refractivity contribution in [1.29, 1.82) is 0 Å². The first kappa shape index (κ1) is 25.4. The monoisotopic (exact) mass is 475 g/mol. The highest BCUT2D eigenvalue weighted by atomic mass is 35.5. The van der Waals surface area contributed by atoms with Gasteiger partial charge in [0, 0.05) is 23.6 Å². The lowest BCUT2D eigenvalue weighted by molar-refractivity contribution is -0.149. The van der Waals surface area contributed by atoms with Gasteiger partial charge in [0.15, 0.2) is 0 Å². The number of hydrogen-bond donors (Lipinski definition) is 4. The summed E-state index contributed by atoms with van der Waals surface area (Å²) < 4.78 is 56.4. The number of methoxy groups -OCH3 is 1. The molecule has 2 unspecified atom stereocenters. The molecule has 0 aliphatic heterocycles. The molecule has 6 N–H and O–H groups in total. The summed E-state index contributed by atoms with van der Waals surface area (Å²) in [6, 6.07) is 7.56. The molecule has 2 atom stereocenters. The second-order valence-corrected chi connectivity index (χ2v) is 7.13. The van der Waals surface area contributed by atoms with Crippen LogP contribution in [-0.2, 0) is 6.54 Å². The molecule has 0 saturated carbocycles. The lowest BCUT2D eigenvalue weighted by Gasteiger charge is -2.22. The van der Waals surface area contributed by atoms with Crippen LogP contribution in [0.4, 0.5) is 17.6 Å². The molecule has 174 valence electrons. The molecule has 2 aromatic rings. The molecule has 0 bridgehead atoms. The van der Waals surface area contributed by atoms with Crippen molar-refractivity contribution in [1.82, 2.24) is 10.6 Å². The minimum Gasteiger partial charge on any atom is -0.497 e. The Morgan fingerprint density at radius 3 is 2.41 bits per heavy atom. The Balaban J connectivity index is 2.19. The van der Waals surface area contributed by atoms with Crippen molar-refractivity contribution in [3.8, 4) is 5.75 Å². The molecule has 12 heteroatoms. The van der Waals surface area contributed by atoms with Crippen LogP contribution in [-0.4, -0.2) is 37.4 Å². The number of ether oxygens (including phenoxy) is 1. The SMILES string of the molecule is COc1ccc(C(=O)/N=C(/NCc2ccc(F)cc2Cl)NC(N)CC(N)C(F)(F)F)cc1. The maximum absolute atomic E-state index is 13.2. The molecule has 0 radical (unpaired) electrons. The number of nitrogens with one attached hydrogen (secondary N) is 2. The number of halogens is 5. The van der Waals surface area contributed by atoms with Crippen LogP contribution < -0.4 is 26.8 Å². The minimum absolute atomic E-state index is 0.0150. The number of alkyl halides is 3. The van der Waals surface area contributed by atoms with Crippen molar-refractivity contribution in [2.45, 2.75) is 31.3 Å². The van der Waals surface area contributed by atoms with Gasteiger partial charge in [-0.2, -0.15) is 18.2 Å². The first-order valence-corrected chi connectivity index (χ1v) is 9.66. The Morgan fingerprint density at radius 2 is 1.84 bits per heavy atom. The Hall–Kier alpha value is -2.89. The van der Waals surface area contributed by atoms with Crippen molar-refractivity contribution in [3.05, 3.63) is 64.4 Å². The minimum atomic E-state index is -4.63. The van der Waals surface area contributed by atoms with Crippen molar-refractivity contribution in [2.24, 2.45) is 16.5 Å². The number of guanidine groups is 1. The van der Waals surface area contributed by atoms with Crippen LogP contribution in [0.5, 0.6) is 5.75 Å². The van der Waals surface area contributed by atoms with Gasteiger partial charge in [-0.1, -0.05) is 17.7 Å². The van der Waals surface area contributed by atoms with Crippen LogP contribution in [0.3, 0.4) is 0 Å². The molecule has 0 aliphatic rings. The number of hydrogen-bond acceptors (Lipinski definition) is 4. The zero-order valence-corrected chi connectivity index (χ0v) is 17.7. The highest BCUT2D eigenvalue weighted by molar-refractivity contribution is 6.31. The second kappa shape index (κ2) is 11.1. The molecular formula is C20H22ClF4N5O2. The van der Waals surface area contributed by atoms with Gasteiger partial charge in [0.2, 0.25) is 5.96 Å². The summed E-state index contributed by atoms with van der Waals surface area (Å²) in [5.74, 6) is -0.909. The van der Waals surface area contributed by atoms with Crippen molar-refractivity contribution < 1.29 is 27.1 Å². The quantitative estimate of drug-likeness (QED) is 0.212.